The van der Waals surface area contributed by atoms with Crippen molar-refractivity contribution in [1.82, 2.24) is 0 Å². The summed E-state index contributed by atoms with van der Waals surface area (Å²) in [5, 5.41) is 0. The molecule has 1 aromatic heterocycles. The summed E-state index contributed by atoms with van der Waals surface area (Å²) in [5.74, 6) is 0.724. The van der Waals surface area contributed by atoms with Gasteiger partial charge in [-0.25, -0.2) is 0 Å². The Balaban J connectivity index is 2.12. The number of thiocarbonyl (C=S) groups is 1. The van der Waals surface area contributed by atoms with Gasteiger partial charge in [0.2, 0.25) is 0 Å². The summed E-state index contributed by atoms with van der Waals surface area (Å²) in [7, 11) is 0. The van der Waals surface area contributed by atoms with E-state index in [2.05, 4.69) is 35.0 Å². The van der Waals surface area contributed by atoms with Crippen LogP contribution in [0.25, 0.3) is 0 Å². The number of halogens is 1. The van der Waals surface area contributed by atoms with E-state index in [1.165, 1.54) is 9.75 Å². The van der Waals surface area contributed by atoms with E-state index in [0.29, 0.717) is 11.6 Å². The standard InChI is InChI=1S/C14H14BrNOS2/c1-2-10-4-5-11(19-10)8-17-13-6-3-9(15)7-12(13)14(16)18/h3-7H,2,8H2,1H3,(H2,16,18). The molecule has 1 heterocycles. The molecule has 0 spiro atoms. The fourth-order valence-electron chi connectivity index (χ4n) is 1.66. The molecule has 0 bridgehead atoms. The molecule has 0 fully saturated rings. The number of hydrogen-bond acceptors (Lipinski definition) is 3. The van der Waals surface area contributed by atoms with E-state index in [0.717, 1.165) is 22.2 Å². The average Bonchev–Trinajstić information content (AvgIpc) is 2.85. The summed E-state index contributed by atoms with van der Waals surface area (Å²) in [6, 6.07) is 9.92. The highest BCUT2D eigenvalue weighted by Gasteiger charge is 2.08. The van der Waals surface area contributed by atoms with Gasteiger partial charge in [0.05, 0.1) is 5.56 Å². The number of nitrogens with two attached hydrogens (primary N) is 1. The highest BCUT2D eigenvalue weighted by atomic mass is 79.9. The first kappa shape index (κ1) is 14.5. The van der Waals surface area contributed by atoms with Gasteiger partial charge in [-0.3, -0.25) is 0 Å². The number of aryl methyl sites for hydroxylation is 1. The normalized spacial score (nSPS) is 10.4. The molecule has 0 radical (unpaired) electrons. The van der Waals surface area contributed by atoms with Crippen LogP contribution in [0.2, 0.25) is 0 Å². The van der Waals surface area contributed by atoms with E-state index in [-0.39, 0.29) is 0 Å². The number of rotatable bonds is 5. The monoisotopic (exact) mass is 355 g/mol. The van der Waals surface area contributed by atoms with Crippen LogP contribution in [-0.2, 0) is 13.0 Å². The van der Waals surface area contributed by atoms with Crippen molar-refractivity contribution in [1.29, 1.82) is 0 Å². The first-order chi connectivity index (χ1) is 9.10. The molecule has 2 aromatic rings. The Morgan fingerprint density at radius 1 is 1.32 bits per heavy atom. The molecule has 0 amide bonds. The van der Waals surface area contributed by atoms with Crippen LogP contribution in [0.15, 0.2) is 34.8 Å². The highest BCUT2D eigenvalue weighted by Crippen LogP contribution is 2.25. The van der Waals surface area contributed by atoms with Crippen molar-refractivity contribution in [3.8, 4) is 5.75 Å². The summed E-state index contributed by atoms with van der Waals surface area (Å²) in [6.45, 7) is 2.69. The summed E-state index contributed by atoms with van der Waals surface area (Å²) in [4.78, 5) is 2.91. The molecule has 0 aliphatic carbocycles. The van der Waals surface area contributed by atoms with Crippen molar-refractivity contribution >= 4 is 44.5 Å². The lowest BCUT2D eigenvalue weighted by atomic mass is 10.2. The van der Waals surface area contributed by atoms with E-state index in [4.69, 9.17) is 22.7 Å². The fraction of sp³-hybridized carbons (Fsp3) is 0.214. The maximum atomic E-state index is 5.82. The molecular formula is C14H14BrNOS2. The average molecular weight is 356 g/mol. The van der Waals surface area contributed by atoms with Gasteiger partial charge >= 0.3 is 0 Å². The van der Waals surface area contributed by atoms with E-state index in [1.807, 2.05) is 18.2 Å². The number of benzene rings is 1. The van der Waals surface area contributed by atoms with Crippen LogP contribution >= 0.6 is 39.5 Å². The van der Waals surface area contributed by atoms with Gasteiger partial charge < -0.3 is 10.5 Å². The Kier molecular flexibility index (Phi) is 4.96. The largest absolute Gasteiger partial charge is 0.487 e. The molecule has 5 heteroatoms. The van der Waals surface area contributed by atoms with Crippen molar-refractivity contribution in [3.63, 3.8) is 0 Å². The van der Waals surface area contributed by atoms with Crippen LogP contribution in [0, 0.1) is 0 Å². The Bertz CT molecular complexity index is 595. The SMILES string of the molecule is CCc1ccc(COc2ccc(Br)cc2C(N)=S)s1. The smallest absolute Gasteiger partial charge is 0.130 e. The number of thiophene rings is 1. The summed E-state index contributed by atoms with van der Waals surface area (Å²) in [6.07, 6.45) is 1.06. The van der Waals surface area contributed by atoms with E-state index < -0.39 is 0 Å². The van der Waals surface area contributed by atoms with Gasteiger partial charge in [-0.1, -0.05) is 35.1 Å². The molecule has 19 heavy (non-hydrogen) atoms. The Morgan fingerprint density at radius 3 is 2.68 bits per heavy atom. The zero-order valence-electron chi connectivity index (χ0n) is 10.5. The molecule has 1 aromatic carbocycles. The molecule has 0 unspecified atom stereocenters. The molecule has 0 saturated heterocycles. The zero-order chi connectivity index (χ0) is 13.8. The first-order valence-corrected chi connectivity index (χ1v) is 7.91. The minimum atomic E-state index is 0.344. The van der Waals surface area contributed by atoms with Gasteiger partial charge in [-0.05, 0) is 36.8 Å². The van der Waals surface area contributed by atoms with E-state index in [9.17, 15) is 0 Å². The summed E-state index contributed by atoms with van der Waals surface area (Å²) < 4.78 is 6.76. The Hall–Kier alpha value is -0.910. The Morgan fingerprint density at radius 2 is 2.05 bits per heavy atom. The van der Waals surface area contributed by atoms with Crippen molar-refractivity contribution < 1.29 is 4.74 Å². The molecule has 2 nitrogen and oxygen atoms in total. The van der Waals surface area contributed by atoms with E-state index >= 15 is 0 Å². The van der Waals surface area contributed by atoms with Gasteiger partial charge in [0, 0.05) is 14.2 Å². The van der Waals surface area contributed by atoms with Gasteiger partial charge in [-0.15, -0.1) is 11.3 Å². The van der Waals surface area contributed by atoms with Crippen molar-refractivity contribution in [2.24, 2.45) is 5.73 Å². The fourth-order valence-corrected chi connectivity index (χ4v) is 3.05. The second-order valence-electron chi connectivity index (χ2n) is 4.01. The lowest BCUT2D eigenvalue weighted by molar-refractivity contribution is 0.309. The lowest BCUT2D eigenvalue weighted by Crippen LogP contribution is -2.11. The maximum absolute atomic E-state index is 5.82. The van der Waals surface area contributed by atoms with Gasteiger partial charge in [0.1, 0.15) is 17.3 Å². The minimum Gasteiger partial charge on any atom is -0.487 e. The van der Waals surface area contributed by atoms with Crippen LogP contribution in [0.3, 0.4) is 0 Å². The van der Waals surface area contributed by atoms with Gasteiger partial charge in [-0.2, -0.15) is 0 Å². The van der Waals surface area contributed by atoms with Gasteiger partial charge in [0.25, 0.3) is 0 Å². The number of hydrogen-bond donors (Lipinski definition) is 1. The molecule has 0 aliphatic heterocycles. The molecule has 0 atom stereocenters. The zero-order valence-corrected chi connectivity index (χ0v) is 13.7. The van der Waals surface area contributed by atoms with Crippen LogP contribution in [0.5, 0.6) is 5.75 Å². The maximum Gasteiger partial charge on any atom is 0.130 e. The predicted octanol–water partition coefficient (Wildman–Crippen LogP) is 4.29. The van der Waals surface area contributed by atoms with Gasteiger partial charge in [0.15, 0.2) is 0 Å². The summed E-state index contributed by atoms with van der Waals surface area (Å²) in [5.41, 5.74) is 6.47. The van der Waals surface area contributed by atoms with E-state index in [1.54, 1.807) is 11.3 Å². The van der Waals surface area contributed by atoms with Crippen molar-refractivity contribution in [2.45, 2.75) is 20.0 Å². The molecule has 0 aliphatic rings. The summed E-state index contributed by atoms with van der Waals surface area (Å²) >= 11 is 10.2. The van der Waals surface area contributed by atoms with Crippen LogP contribution in [0.1, 0.15) is 22.2 Å². The minimum absolute atomic E-state index is 0.344. The third kappa shape index (κ3) is 3.78. The molecular weight excluding hydrogens is 342 g/mol. The van der Waals surface area contributed by atoms with Crippen LogP contribution in [0.4, 0.5) is 0 Å². The molecule has 2 N–H and O–H groups in total. The first-order valence-electron chi connectivity index (χ1n) is 5.90. The lowest BCUT2D eigenvalue weighted by Gasteiger charge is -2.10. The van der Waals surface area contributed by atoms with Crippen LogP contribution < -0.4 is 10.5 Å². The second-order valence-corrected chi connectivity index (χ2v) is 6.62. The van der Waals surface area contributed by atoms with Crippen molar-refractivity contribution in [2.75, 3.05) is 0 Å². The number of ether oxygens (including phenoxy) is 1. The predicted molar refractivity (Wildman–Crippen MR) is 88.1 cm³/mol. The van der Waals surface area contributed by atoms with Crippen molar-refractivity contribution in [3.05, 3.63) is 50.1 Å². The molecule has 100 valence electrons. The Labute approximate surface area is 130 Å². The second kappa shape index (κ2) is 6.50. The quantitative estimate of drug-likeness (QED) is 0.812. The third-order valence-electron chi connectivity index (χ3n) is 2.64. The molecule has 0 saturated carbocycles. The third-order valence-corrected chi connectivity index (χ3v) is 4.56. The highest BCUT2D eigenvalue weighted by molar-refractivity contribution is 9.10. The topological polar surface area (TPSA) is 35.2 Å². The van der Waals surface area contributed by atoms with Crippen LogP contribution in [-0.4, -0.2) is 4.99 Å². The molecule has 2 rings (SSSR count).